The van der Waals surface area contributed by atoms with Crippen molar-refractivity contribution in [1.29, 1.82) is 0 Å². The normalized spacial score (nSPS) is 10.0. The Morgan fingerprint density at radius 3 is 0.957 bits per heavy atom. The highest BCUT2D eigenvalue weighted by atomic mass is 79.9. The van der Waals surface area contributed by atoms with E-state index < -0.39 is 9.85 Å². The first-order valence-electron chi connectivity index (χ1n) is 13.8. The summed E-state index contributed by atoms with van der Waals surface area (Å²) < 4.78 is 2.24. The van der Waals surface area contributed by atoms with Crippen molar-refractivity contribution in [2.75, 3.05) is 11.5 Å². The summed E-state index contributed by atoms with van der Waals surface area (Å²) in [5.41, 5.74) is 17.8. The molecular weight excluding hydrogens is 712 g/mol. The van der Waals surface area contributed by atoms with Crippen LogP contribution in [0.25, 0.3) is 33.4 Å². The maximum absolute atomic E-state index is 10.9. The van der Waals surface area contributed by atoms with Gasteiger partial charge in [0, 0.05) is 43.6 Å². The van der Waals surface area contributed by atoms with E-state index in [1.165, 1.54) is 47.5 Å². The summed E-state index contributed by atoms with van der Waals surface area (Å²) >= 11 is 7.09. The molecule has 8 nitrogen and oxygen atoms in total. The average Bonchev–Trinajstić information content (AvgIpc) is 3.07. The standard InChI is InChI=1S/C12H8Br2.C12H8N2O4.C12H12N2/c13-11-7-3-1-5-9(11)10-6-2-4-8-12(10)14;15-13(16)11-7-3-1-5-9(11)10-6-2-4-8-12(10)14(17)18;13-11-7-3-1-5-9(11)10-6-2-4-8-12(10)14/h1-8H;1-8H;1-8H,13-14H2. The topological polar surface area (TPSA) is 138 Å². The minimum atomic E-state index is -0.550. The van der Waals surface area contributed by atoms with Crippen molar-refractivity contribution in [3.8, 4) is 33.4 Å². The molecule has 6 aromatic rings. The third-order valence-electron chi connectivity index (χ3n) is 6.74. The summed E-state index contributed by atoms with van der Waals surface area (Å²) in [4.78, 5) is 20.7. The van der Waals surface area contributed by atoms with Gasteiger partial charge in [-0.2, -0.15) is 0 Å². The van der Waals surface area contributed by atoms with Crippen LogP contribution in [0.1, 0.15) is 0 Å². The zero-order valence-electron chi connectivity index (χ0n) is 24.3. The van der Waals surface area contributed by atoms with E-state index in [2.05, 4.69) is 56.1 Å². The Balaban J connectivity index is 0.000000158. The van der Waals surface area contributed by atoms with E-state index in [-0.39, 0.29) is 22.5 Å². The van der Waals surface area contributed by atoms with Gasteiger partial charge in [0.1, 0.15) is 0 Å². The van der Waals surface area contributed by atoms with E-state index in [4.69, 9.17) is 11.5 Å². The number of hydrogen-bond donors (Lipinski definition) is 2. The first-order chi connectivity index (χ1) is 22.2. The smallest absolute Gasteiger partial charge is 0.277 e. The Morgan fingerprint density at radius 1 is 0.391 bits per heavy atom. The summed E-state index contributed by atoms with van der Waals surface area (Å²) in [6, 6.07) is 43.8. The van der Waals surface area contributed by atoms with Crippen LogP contribution in [0.3, 0.4) is 0 Å². The Bertz CT molecular complexity index is 1750. The van der Waals surface area contributed by atoms with E-state index in [1.807, 2.05) is 72.8 Å². The van der Waals surface area contributed by atoms with E-state index in [9.17, 15) is 20.2 Å². The molecule has 0 aliphatic heterocycles. The van der Waals surface area contributed by atoms with Gasteiger partial charge in [-0.05, 0) is 47.5 Å². The molecule has 0 spiro atoms. The number of nitrogens with zero attached hydrogens (tertiary/aromatic N) is 2. The fourth-order valence-electron chi connectivity index (χ4n) is 4.57. The molecule has 0 fully saturated rings. The van der Waals surface area contributed by atoms with Crippen LogP contribution in [-0.4, -0.2) is 9.85 Å². The summed E-state index contributed by atoms with van der Waals surface area (Å²) in [5, 5.41) is 21.8. The number of anilines is 2. The predicted molar refractivity (Wildman–Crippen MR) is 193 cm³/mol. The van der Waals surface area contributed by atoms with E-state index in [0.29, 0.717) is 0 Å². The molecular formula is C36H28Br2N4O4. The van der Waals surface area contributed by atoms with E-state index in [1.54, 1.807) is 12.1 Å². The molecule has 0 radical (unpaired) electrons. The van der Waals surface area contributed by atoms with Crippen LogP contribution in [0.2, 0.25) is 0 Å². The molecule has 0 amide bonds. The second kappa shape index (κ2) is 16.1. The minimum Gasteiger partial charge on any atom is -0.398 e. The predicted octanol–water partition coefficient (Wildman–Crippen LogP) is 10.6. The van der Waals surface area contributed by atoms with Gasteiger partial charge in [0.2, 0.25) is 0 Å². The zero-order chi connectivity index (χ0) is 33.1. The van der Waals surface area contributed by atoms with Crippen LogP contribution in [0.15, 0.2) is 155 Å². The van der Waals surface area contributed by atoms with E-state index in [0.717, 1.165) is 31.4 Å². The number of rotatable bonds is 5. The van der Waals surface area contributed by atoms with Gasteiger partial charge in [0.25, 0.3) is 11.4 Å². The first kappa shape index (κ1) is 33.6. The van der Waals surface area contributed by atoms with Gasteiger partial charge < -0.3 is 11.5 Å². The number of nitrogen functional groups attached to an aromatic ring is 2. The second-order valence-corrected chi connectivity index (χ2v) is 11.4. The molecule has 4 N–H and O–H groups in total. The third-order valence-corrected chi connectivity index (χ3v) is 8.12. The molecule has 0 aromatic heterocycles. The minimum absolute atomic E-state index is 0.146. The van der Waals surface area contributed by atoms with Crippen LogP contribution < -0.4 is 11.5 Å². The van der Waals surface area contributed by atoms with Crippen LogP contribution in [0, 0.1) is 20.2 Å². The molecule has 0 saturated heterocycles. The van der Waals surface area contributed by atoms with Gasteiger partial charge >= 0.3 is 0 Å². The first-order valence-corrected chi connectivity index (χ1v) is 15.4. The lowest BCUT2D eigenvalue weighted by Gasteiger charge is -2.07. The fraction of sp³-hybridized carbons (Fsp3) is 0. The number of nitro benzene ring substituents is 2. The lowest BCUT2D eigenvalue weighted by Crippen LogP contribution is -1.95. The summed E-state index contributed by atoms with van der Waals surface area (Å²) in [7, 11) is 0. The van der Waals surface area contributed by atoms with Crippen molar-refractivity contribution >= 4 is 54.6 Å². The summed E-state index contributed by atoms with van der Waals surface area (Å²) in [6.07, 6.45) is 0. The van der Waals surface area contributed by atoms with Gasteiger partial charge in [-0.3, -0.25) is 20.2 Å². The Labute approximate surface area is 282 Å². The molecule has 0 aliphatic carbocycles. The van der Waals surface area contributed by atoms with Gasteiger partial charge in [-0.25, -0.2) is 0 Å². The van der Waals surface area contributed by atoms with Crippen molar-refractivity contribution in [2.24, 2.45) is 0 Å². The average molecular weight is 740 g/mol. The quantitative estimate of drug-likeness (QED) is 0.102. The van der Waals surface area contributed by atoms with Gasteiger partial charge in [-0.1, -0.05) is 129 Å². The van der Waals surface area contributed by atoms with Crippen molar-refractivity contribution in [2.45, 2.75) is 0 Å². The lowest BCUT2D eigenvalue weighted by molar-refractivity contribution is -0.386. The van der Waals surface area contributed by atoms with Crippen LogP contribution in [-0.2, 0) is 0 Å². The maximum Gasteiger partial charge on any atom is 0.277 e. The largest absolute Gasteiger partial charge is 0.398 e. The lowest BCUT2D eigenvalue weighted by atomic mass is 10.0. The monoisotopic (exact) mass is 738 g/mol. The van der Waals surface area contributed by atoms with E-state index >= 15 is 0 Å². The summed E-state index contributed by atoms with van der Waals surface area (Å²) in [6.45, 7) is 0. The molecule has 0 heterocycles. The molecule has 46 heavy (non-hydrogen) atoms. The Kier molecular flexibility index (Phi) is 11.8. The number of benzene rings is 6. The molecule has 6 rings (SSSR count). The highest BCUT2D eigenvalue weighted by Gasteiger charge is 2.21. The number of para-hydroxylation sites is 4. The fourth-order valence-corrected chi connectivity index (χ4v) is 5.56. The number of halogens is 2. The molecule has 0 saturated carbocycles. The number of nitrogens with two attached hydrogens (primary N) is 2. The molecule has 230 valence electrons. The van der Waals surface area contributed by atoms with Crippen molar-refractivity contribution < 1.29 is 9.85 Å². The third kappa shape index (κ3) is 8.44. The maximum atomic E-state index is 10.9. The van der Waals surface area contributed by atoms with Crippen LogP contribution >= 0.6 is 31.9 Å². The van der Waals surface area contributed by atoms with Crippen LogP contribution in [0.4, 0.5) is 22.7 Å². The molecule has 0 atom stereocenters. The highest BCUT2D eigenvalue weighted by Crippen LogP contribution is 2.36. The SMILES string of the molecule is Brc1ccccc1-c1ccccc1Br.Nc1ccccc1-c1ccccc1N.O=[N+]([O-])c1ccccc1-c1ccccc1[N+](=O)[O-]. The van der Waals surface area contributed by atoms with Gasteiger partial charge in [0.05, 0.1) is 21.0 Å². The van der Waals surface area contributed by atoms with Crippen molar-refractivity contribution in [1.82, 2.24) is 0 Å². The zero-order valence-corrected chi connectivity index (χ0v) is 27.5. The molecule has 0 unspecified atom stereocenters. The van der Waals surface area contributed by atoms with Crippen molar-refractivity contribution in [3.05, 3.63) is 175 Å². The molecule has 0 bridgehead atoms. The molecule has 0 aliphatic rings. The van der Waals surface area contributed by atoms with Crippen LogP contribution in [0.5, 0.6) is 0 Å². The molecule has 6 aromatic carbocycles. The number of hydrogen-bond acceptors (Lipinski definition) is 6. The highest BCUT2D eigenvalue weighted by molar-refractivity contribution is 9.11. The van der Waals surface area contributed by atoms with Crippen molar-refractivity contribution in [3.63, 3.8) is 0 Å². The summed E-state index contributed by atoms with van der Waals surface area (Å²) in [5.74, 6) is 0. The number of nitro groups is 2. The Hall–Kier alpha value is -5.32. The molecule has 10 heteroatoms. The second-order valence-electron chi connectivity index (χ2n) is 9.68. The Morgan fingerprint density at radius 2 is 0.652 bits per heavy atom. The van der Waals surface area contributed by atoms with Gasteiger partial charge in [0.15, 0.2) is 0 Å². The van der Waals surface area contributed by atoms with Gasteiger partial charge in [-0.15, -0.1) is 0 Å².